The molecule has 0 bridgehead atoms. The van der Waals surface area contributed by atoms with Crippen molar-refractivity contribution in [3.8, 4) is 11.5 Å². The molecule has 1 N–H and O–H groups in total. The van der Waals surface area contributed by atoms with Crippen LogP contribution in [0.15, 0.2) is 47.4 Å². The molecule has 0 radical (unpaired) electrons. The number of carbonyl (C=O) groups excluding carboxylic acids is 3. The zero-order valence-electron chi connectivity index (χ0n) is 14.8. The summed E-state index contributed by atoms with van der Waals surface area (Å²) in [5.74, 6) is -0.484. The molecule has 3 rings (SSSR count). The van der Waals surface area contributed by atoms with Gasteiger partial charge in [0.2, 0.25) is 0 Å². The van der Waals surface area contributed by atoms with Gasteiger partial charge in [-0.1, -0.05) is 30.3 Å². The summed E-state index contributed by atoms with van der Waals surface area (Å²) >= 11 is 2.75. The van der Waals surface area contributed by atoms with E-state index in [1.807, 2.05) is 22.6 Å². The van der Waals surface area contributed by atoms with Gasteiger partial charge in [0, 0.05) is 5.56 Å². The van der Waals surface area contributed by atoms with Crippen LogP contribution in [0.3, 0.4) is 0 Å². The minimum atomic E-state index is -0.514. The molecule has 1 fully saturated rings. The molecule has 2 aromatic carbocycles. The quantitative estimate of drug-likeness (QED) is 0.355. The number of imide groups is 1. The second-order valence-corrected chi connectivity index (χ2v) is 7.99. The van der Waals surface area contributed by atoms with Crippen LogP contribution in [0, 0.1) is 3.57 Å². The first-order chi connectivity index (χ1) is 13.4. The molecule has 0 aromatic heterocycles. The van der Waals surface area contributed by atoms with Crippen molar-refractivity contribution < 1.29 is 24.2 Å². The lowest BCUT2D eigenvalue weighted by atomic mass is 10.1. The van der Waals surface area contributed by atoms with Crippen molar-refractivity contribution in [3.05, 3.63) is 62.1 Å². The van der Waals surface area contributed by atoms with Crippen molar-refractivity contribution in [2.24, 2.45) is 0 Å². The Morgan fingerprint density at radius 2 is 1.96 bits per heavy atom. The first-order valence-corrected chi connectivity index (χ1v) is 10.3. The second kappa shape index (κ2) is 8.78. The molecule has 0 aliphatic carbocycles. The zero-order valence-corrected chi connectivity index (χ0v) is 17.8. The Kier molecular flexibility index (Phi) is 6.40. The summed E-state index contributed by atoms with van der Waals surface area (Å²) in [4.78, 5) is 38.4. The summed E-state index contributed by atoms with van der Waals surface area (Å²) in [7, 11) is 0. The number of rotatable bonds is 6. The number of hydrogen-bond acceptors (Lipinski definition) is 6. The molecule has 0 unspecified atom stereocenters. The van der Waals surface area contributed by atoms with E-state index in [0.29, 0.717) is 27.1 Å². The average molecular weight is 509 g/mol. The lowest BCUT2D eigenvalue weighted by Gasteiger charge is -2.11. The van der Waals surface area contributed by atoms with Gasteiger partial charge in [0.25, 0.3) is 11.1 Å². The van der Waals surface area contributed by atoms with Crippen LogP contribution in [0.25, 0.3) is 6.08 Å². The van der Waals surface area contributed by atoms with E-state index < -0.39 is 11.1 Å². The predicted octanol–water partition coefficient (Wildman–Crippen LogP) is 4.31. The third kappa shape index (κ3) is 4.39. The van der Waals surface area contributed by atoms with Crippen LogP contribution in [-0.4, -0.2) is 40.1 Å². The molecule has 1 aliphatic rings. The lowest BCUT2D eigenvalue weighted by molar-refractivity contribution is -0.122. The summed E-state index contributed by atoms with van der Waals surface area (Å²) in [6.07, 6.45) is 1.56. The van der Waals surface area contributed by atoms with Gasteiger partial charge in [-0.2, -0.15) is 0 Å². The molecule has 8 heteroatoms. The third-order valence-electron chi connectivity index (χ3n) is 3.92. The largest absolute Gasteiger partial charge is 0.504 e. The van der Waals surface area contributed by atoms with Crippen molar-refractivity contribution in [1.82, 2.24) is 4.90 Å². The maximum atomic E-state index is 12.6. The summed E-state index contributed by atoms with van der Waals surface area (Å²) in [5, 5.41) is 9.55. The summed E-state index contributed by atoms with van der Waals surface area (Å²) in [6, 6.07) is 11.8. The molecule has 0 saturated carbocycles. The van der Waals surface area contributed by atoms with Crippen LogP contribution < -0.4 is 4.74 Å². The third-order valence-corrected chi connectivity index (χ3v) is 5.65. The average Bonchev–Trinajstić information content (AvgIpc) is 2.94. The van der Waals surface area contributed by atoms with Gasteiger partial charge >= 0.3 is 0 Å². The number of amides is 2. The highest BCUT2D eigenvalue weighted by atomic mass is 127. The minimum Gasteiger partial charge on any atom is -0.504 e. The molecule has 144 valence electrons. The van der Waals surface area contributed by atoms with E-state index in [1.165, 1.54) is 0 Å². The highest BCUT2D eigenvalue weighted by molar-refractivity contribution is 14.1. The fourth-order valence-electron chi connectivity index (χ4n) is 2.59. The number of ketones is 1. The Morgan fingerprint density at radius 3 is 2.64 bits per heavy atom. The van der Waals surface area contributed by atoms with E-state index in [9.17, 15) is 19.5 Å². The van der Waals surface area contributed by atoms with Crippen molar-refractivity contribution >= 4 is 57.4 Å². The van der Waals surface area contributed by atoms with Crippen LogP contribution >= 0.6 is 34.4 Å². The molecule has 28 heavy (non-hydrogen) atoms. The Hall–Kier alpha value is -2.33. The maximum Gasteiger partial charge on any atom is 0.293 e. The molecular weight excluding hydrogens is 493 g/mol. The Morgan fingerprint density at radius 1 is 1.25 bits per heavy atom. The number of Topliss-reactive ketones (excluding diaryl/α,β-unsaturated/α-hetero) is 1. The second-order valence-electron chi connectivity index (χ2n) is 5.84. The van der Waals surface area contributed by atoms with Gasteiger partial charge in [-0.05, 0) is 65.0 Å². The van der Waals surface area contributed by atoms with E-state index in [2.05, 4.69) is 0 Å². The first kappa shape index (κ1) is 20.4. The van der Waals surface area contributed by atoms with E-state index in [1.54, 1.807) is 55.5 Å². The number of ether oxygens (including phenoxy) is 1. The number of halogens is 1. The van der Waals surface area contributed by atoms with Crippen LogP contribution in [0.5, 0.6) is 11.5 Å². The molecule has 2 aromatic rings. The van der Waals surface area contributed by atoms with Crippen LogP contribution in [0.2, 0.25) is 0 Å². The summed E-state index contributed by atoms with van der Waals surface area (Å²) < 4.78 is 5.96. The Balaban J connectivity index is 1.82. The molecule has 1 heterocycles. The number of benzene rings is 2. The number of phenols is 1. The van der Waals surface area contributed by atoms with E-state index in [0.717, 1.165) is 16.7 Å². The fraction of sp³-hybridized carbons (Fsp3) is 0.150. The number of hydrogen-bond donors (Lipinski definition) is 1. The number of aromatic hydroxyl groups is 1. The summed E-state index contributed by atoms with van der Waals surface area (Å²) in [5.41, 5.74) is 1.06. The maximum absolute atomic E-state index is 12.6. The van der Waals surface area contributed by atoms with Crippen molar-refractivity contribution in [2.75, 3.05) is 13.2 Å². The fourth-order valence-corrected chi connectivity index (χ4v) is 4.05. The zero-order chi connectivity index (χ0) is 20.3. The molecule has 0 spiro atoms. The van der Waals surface area contributed by atoms with Crippen molar-refractivity contribution in [3.63, 3.8) is 0 Å². The SMILES string of the molecule is CCOc1cc(/C=C2/SC(=O)N(CC(=O)c3ccccc3)C2=O)cc(I)c1O. The topological polar surface area (TPSA) is 83.9 Å². The molecule has 1 saturated heterocycles. The number of thioether (sulfide) groups is 1. The Bertz CT molecular complexity index is 974. The van der Waals surface area contributed by atoms with Crippen LogP contribution in [0.4, 0.5) is 4.79 Å². The lowest BCUT2D eigenvalue weighted by Crippen LogP contribution is -2.33. The summed E-state index contributed by atoms with van der Waals surface area (Å²) in [6.45, 7) is 1.88. The van der Waals surface area contributed by atoms with Gasteiger partial charge < -0.3 is 9.84 Å². The monoisotopic (exact) mass is 509 g/mol. The van der Waals surface area contributed by atoms with Crippen molar-refractivity contribution in [1.29, 1.82) is 0 Å². The molecular formula is C20H16INO5S. The predicted molar refractivity (Wildman–Crippen MR) is 115 cm³/mol. The van der Waals surface area contributed by atoms with E-state index in [-0.39, 0.29) is 23.0 Å². The van der Waals surface area contributed by atoms with Gasteiger partial charge in [-0.15, -0.1) is 0 Å². The van der Waals surface area contributed by atoms with Gasteiger partial charge in [-0.25, -0.2) is 0 Å². The standard InChI is InChI=1S/C20H16INO5S/c1-2-27-16-9-12(8-14(21)18(16)24)10-17-19(25)22(20(26)28-17)11-15(23)13-6-4-3-5-7-13/h3-10,24H,2,11H2,1H3/b17-10+. The highest BCUT2D eigenvalue weighted by Crippen LogP contribution is 2.36. The van der Waals surface area contributed by atoms with Gasteiger partial charge in [0.1, 0.15) is 0 Å². The van der Waals surface area contributed by atoms with Gasteiger partial charge in [0.15, 0.2) is 17.3 Å². The molecule has 2 amide bonds. The van der Waals surface area contributed by atoms with Crippen molar-refractivity contribution in [2.45, 2.75) is 6.92 Å². The van der Waals surface area contributed by atoms with Crippen LogP contribution in [0.1, 0.15) is 22.8 Å². The number of nitrogens with zero attached hydrogens (tertiary/aromatic N) is 1. The van der Waals surface area contributed by atoms with E-state index in [4.69, 9.17) is 4.74 Å². The number of phenolic OH excluding ortho intramolecular Hbond substituents is 1. The van der Waals surface area contributed by atoms with Crippen LogP contribution in [-0.2, 0) is 4.79 Å². The van der Waals surface area contributed by atoms with E-state index >= 15 is 0 Å². The Labute approximate surface area is 179 Å². The molecule has 6 nitrogen and oxygen atoms in total. The minimum absolute atomic E-state index is 0.0289. The highest BCUT2D eigenvalue weighted by Gasteiger charge is 2.36. The van der Waals surface area contributed by atoms with Gasteiger partial charge in [-0.3, -0.25) is 19.3 Å². The first-order valence-electron chi connectivity index (χ1n) is 8.39. The smallest absolute Gasteiger partial charge is 0.293 e. The number of carbonyl (C=O) groups is 3. The van der Waals surface area contributed by atoms with Gasteiger partial charge in [0.05, 0.1) is 21.6 Å². The molecule has 0 atom stereocenters. The normalized spacial score (nSPS) is 15.4. The molecule has 1 aliphatic heterocycles.